The lowest BCUT2D eigenvalue weighted by atomic mass is 9.54. The van der Waals surface area contributed by atoms with Crippen molar-refractivity contribution in [2.24, 2.45) is 5.41 Å². The van der Waals surface area contributed by atoms with Gasteiger partial charge in [-0.1, -0.05) is 6.42 Å². The fraction of sp³-hybridized carbons (Fsp3) is 0.625. The van der Waals surface area contributed by atoms with Gasteiger partial charge in [-0.15, -0.1) is 0 Å². The molecule has 1 atom stereocenters. The molecule has 1 heterocycles. The summed E-state index contributed by atoms with van der Waals surface area (Å²) in [6, 6.07) is 2.76. The summed E-state index contributed by atoms with van der Waals surface area (Å²) in [7, 11) is 0. The zero-order valence-electron chi connectivity index (χ0n) is 13.0. The normalized spacial score (nSPS) is 20.5. The van der Waals surface area contributed by atoms with Gasteiger partial charge in [0.15, 0.2) is 0 Å². The first-order valence-corrected chi connectivity index (χ1v) is 7.94. The number of urea groups is 1. The Labute approximate surface area is 133 Å². The van der Waals surface area contributed by atoms with Crippen molar-refractivity contribution in [1.82, 2.24) is 15.6 Å². The molecular weight excluding hydrogens is 304 g/mol. The third-order valence-electron chi connectivity index (χ3n) is 4.92. The van der Waals surface area contributed by atoms with E-state index < -0.39 is 6.61 Å². The monoisotopic (exact) mass is 325 g/mol. The highest BCUT2D eigenvalue weighted by Gasteiger charge is 2.48. The van der Waals surface area contributed by atoms with Crippen LogP contribution in [0.3, 0.4) is 0 Å². The number of nitrogens with zero attached hydrogens (tertiary/aromatic N) is 1. The van der Waals surface area contributed by atoms with Gasteiger partial charge in [-0.05, 0) is 49.7 Å². The van der Waals surface area contributed by atoms with E-state index in [9.17, 15) is 13.6 Å². The second kappa shape index (κ2) is 6.29. The van der Waals surface area contributed by atoms with Crippen molar-refractivity contribution in [1.29, 1.82) is 0 Å². The van der Waals surface area contributed by atoms with Gasteiger partial charge in [0.1, 0.15) is 0 Å². The summed E-state index contributed by atoms with van der Waals surface area (Å²) in [5.41, 5.74) is 1.17. The molecule has 0 aliphatic heterocycles. The van der Waals surface area contributed by atoms with Gasteiger partial charge in [-0.2, -0.15) is 8.78 Å². The lowest BCUT2D eigenvalue weighted by molar-refractivity contribution is -0.0529. The predicted octanol–water partition coefficient (Wildman–Crippen LogP) is 3.38. The summed E-state index contributed by atoms with van der Waals surface area (Å²) < 4.78 is 28.7. The molecule has 2 aliphatic rings. The predicted molar refractivity (Wildman–Crippen MR) is 80.3 cm³/mol. The summed E-state index contributed by atoms with van der Waals surface area (Å²) >= 11 is 0. The van der Waals surface area contributed by atoms with E-state index in [-0.39, 0.29) is 24.0 Å². The third kappa shape index (κ3) is 3.71. The van der Waals surface area contributed by atoms with Gasteiger partial charge in [-0.25, -0.2) is 9.78 Å². The molecule has 126 valence electrons. The minimum absolute atomic E-state index is 0.155. The van der Waals surface area contributed by atoms with E-state index in [2.05, 4.69) is 20.4 Å². The third-order valence-corrected chi connectivity index (χ3v) is 4.92. The van der Waals surface area contributed by atoms with Crippen LogP contribution >= 0.6 is 0 Å². The highest BCUT2D eigenvalue weighted by atomic mass is 19.3. The van der Waals surface area contributed by atoms with Crippen LogP contribution in [0.2, 0.25) is 0 Å². The van der Waals surface area contributed by atoms with Crippen LogP contribution in [0.25, 0.3) is 0 Å². The van der Waals surface area contributed by atoms with Crippen LogP contribution in [-0.2, 0) is 0 Å². The number of amides is 2. The summed E-state index contributed by atoms with van der Waals surface area (Å²) in [6.07, 6.45) is 7.39. The van der Waals surface area contributed by atoms with Crippen molar-refractivity contribution in [2.45, 2.75) is 57.7 Å². The molecule has 2 saturated carbocycles. The quantitative estimate of drug-likeness (QED) is 0.872. The first kappa shape index (κ1) is 16.0. The van der Waals surface area contributed by atoms with Crippen LogP contribution in [0.15, 0.2) is 18.3 Å². The fourth-order valence-corrected chi connectivity index (χ4v) is 3.53. The summed E-state index contributed by atoms with van der Waals surface area (Å²) in [5.74, 6) is -0.155. The van der Waals surface area contributed by atoms with E-state index in [4.69, 9.17) is 0 Å². The number of carbonyl (C=O) groups is 1. The number of hydrogen-bond acceptors (Lipinski definition) is 3. The fourth-order valence-electron chi connectivity index (χ4n) is 3.53. The average Bonchev–Trinajstić information content (AvgIpc) is 2.39. The molecule has 1 aromatic heterocycles. The first-order chi connectivity index (χ1) is 11.0. The molecule has 2 amide bonds. The van der Waals surface area contributed by atoms with Crippen LogP contribution in [0, 0.1) is 5.41 Å². The summed E-state index contributed by atoms with van der Waals surface area (Å²) in [4.78, 5) is 15.7. The summed E-state index contributed by atoms with van der Waals surface area (Å²) in [5, 5.41) is 5.79. The molecule has 2 fully saturated rings. The molecule has 0 aromatic carbocycles. The molecule has 0 unspecified atom stereocenters. The number of alkyl halides is 2. The lowest BCUT2D eigenvalue weighted by Gasteiger charge is -2.54. The molecule has 23 heavy (non-hydrogen) atoms. The Hall–Kier alpha value is -1.92. The molecule has 5 nitrogen and oxygen atoms in total. The standard InChI is InChI=1S/C16H21F2N3O2/c1-10(11-3-6-19-13(7-11)23-14(17)18)20-15(22)21-12-8-16(9-12)4-2-5-16/h3,6-7,10,12,14H,2,4-5,8-9H2,1H3,(H2,20,21,22)/t10-/m1/s1. The Kier molecular flexibility index (Phi) is 4.37. The zero-order chi connectivity index (χ0) is 16.4. The Morgan fingerprint density at radius 1 is 1.43 bits per heavy atom. The number of ether oxygens (including phenoxy) is 1. The van der Waals surface area contributed by atoms with Gasteiger partial charge >= 0.3 is 12.6 Å². The topological polar surface area (TPSA) is 63.2 Å². The molecular formula is C16H21F2N3O2. The highest BCUT2D eigenvalue weighted by Crippen LogP contribution is 2.55. The van der Waals surface area contributed by atoms with Crippen LogP contribution in [-0.4, -0.2) is 23.7 Å². The van der Waals surface area contributed by atoms with Crippen LogP contribution in [0.1, 0.15) is 50.6 Å². The van der Waals surface area contributed by atoms with Gasteiger partial charge in [0.05, 0.1) is 6.04 Å². The number of carbonyl (C=O) groups excluding carboxylic acids is 1. The number of pyridine rings is 1. The van der Waals surface area contributed by atoms with E-state index in [0.29, 0.717) is 11.0 Å². The van der Waals surface area contributed by atoms with Gasteiger partial charge in [0, 0.05) is 18.3 Å². The molecule has 2 N–H and O–H groups in total. The Balaban J connectivity index is 1.48. The van der Waals surface area contributed by atoms with E-state index in [1.165, 1.54) is 31.5 Å². The smallest absolute Gasteiger partial charge is 0.388 e. The number of halogens is 2. The highest BCUT2D eigenvalue weighted by molar-refractivity contribution is 5.75. The maximum Gasteiger partial charge on any atom is 0.388 e. The number of aromatic nitrogens is 1. The van der Waals surface area contributed by atoms with E-state index in [1.807, 2.05) is 0 Å². The molecule has 1 spiro atoms. The largest absolute Gasteiger partial charge is 0.417 e. The average molecular weight is 325 g/mol. The molecule has 0 bridgehead atoms. The lowest BCUT2D eigenvalue weighted by Crippen LogP contribution is -2.55. The maximum atomic E-state index is 12.2. The minimum Gasteiger partial charge on any atom is -0.417 e. The molecule has 1 aromatic rings. The molecule has 7 heteroatoms. The van der Waals surface area contributed by atoms with Crippen molar-refractivity contribution >= 4 is 6.03 Å². The Morgan fingerprint density at radius 2 is 2.17 bits per heavy atom. The second-order valence-corrected chi connectivity index (χ2v) is 6.60. The van der Waals surface area contributed by atoms with Crippen molar-refractivity contribution in [3.63, 3.8) is 0 Å². The molecule has 3 rings (SSSR count). The van der Waals surface area contributed by atoms with Crippen LogP contribution in [0.4, 0.5) is 13.6 Å². The van der Waals surface area contributed by atoms with Crippen LogP contribution in [0.5, 0.6) is 5.88 Å². The SMILES string of the molecule is C[C@@H](NC(=O)NC1CC2(CCC2)C1)c1ccnc(OC(F)F)c1. The van der Waals surface area contributed by atoms with Crippen molar-refractivity contribution in [2.75, 3.05) is 0 Å². The van der Waals surface area contributed by atoms with E-state index >= 15 is 0 Å². The van der Waals surface area contributed by atoms with E-state index in [0.717, 1.165) is 12.8 Å². The summed E-state index contributed by atoms with van der Waals surface area (Å²) in [6.45, 7) is -1.13. The van der Waals surface area contributed by atoms with Gasteiger partial charge in [0.25, 0.3) is 0 Å². The van der Waals surface area contributed by atoms with E-state index in [1.54, 1.807) is 13.0 Å². The number of hydrogen-bond donors (Lipinski definition) is 2. The van der Waals surface area contributed by atoms with Crippen molar-refractivity contribution in [3.05, 3.63) is 23.9 Å². The Morgan fingerprint density at radius 3 is 2.78 bits per heavy atom. The first-order valence-electron chi connectivity index (χ1n) is 7.94. The van der Waals surface area contributed by atoms with Crippen molar-refractivity contribution in [3.8, 4) is 5.88 Å². The molecule has 0 radical (unpaired) electrons. The maximum absolute atomic E-state index is 12.2. The second-order valence-electron chi connectivity index (χ2n) is 6.60. The number of rotatable bonds is 5. The van der Waals surface area contributed by atoms with Gasteiger partial charge in [0.2, 0.25) is 5.88 Å². The molecule has 0 saturated heterocycles. The van der Waals surface area contributed by atoms with Crippen molar-refractivity contribution < 1.29 is 18.3 Å². The zero-order valence-corrected chi connectivity index (χ0v) is 13.0. The Bertz CT molecular complexity index is 570. The molecule has 2 aliphatic carbocycles. The van der Waals surface area contributed by atoms with Gasteiger partial charge in [-0.3, -0.25) is 0 Å². The minimum atomic E-state index is -2.92. The number of nitrogens with one attached hydrogen (secondary N) is 2. The van der Waals surface area contributed by atoms with Crippen LogP contribution < -0.4 is 15.4 Å². The van der Waals surface area contributed by atoms with Gasteiger partial charge < -0.3 is 15.4 Å².